The van der Waals surface area contributed by atoms with Gasteiger partial charge in [-0.05, 0) is 61.7 Å². The maximum absolute atomic E-state index is 10.1. The Bertz CT molecular complexity index is 403. The molecule has 0 spiro atoms. The summed E-state index contributed by atoms with van der Waals surface area (Å²) in [7, 11) is 0. The first-order valence-corrected chi connectivity index (χ1v) is 13.2. The van der Waals surface area contributed by atoms with Crippen LogP contribution in [0.3, 0.4) is 0 Å². The Morgan fingerprint density at radius 2 is 0.903 bits per heavy atom. The normalized spacial score (nSPS) is 24.1. The van der Waals surface area contributed by atoms with Crippen molar-refractivity contribution >= 4 is 0 Å². The summed E-state index contributed by atoms with van der Waals surface area (Å²) < 4.78 is 0. The minimum atomic E-state index is -0.387. The first-order chi connectivity index (χ1) is 15.2. The molecule has 0 aliphatic heterocycles. The van der Waals surface area contributed by atoms with Crippen LogP contribution in [0.1, 0.15) is 116 Å². The molecule has 0 saturated heterocycles. The van der Waals surface area contributed by atoms with Gasteiger partial charge in [0.05, 0.1) is 0 Å². The summed E-state index contributed by atoms with van der Waals surface area (Å²) in [6, 6.07) is 0. The molecule has 5 N–H and O–H groups in total. The first kappa shape index (κ1) is 28.8. The third-order valence-electron chi connectivity index (χ3n) is 8.32. The number of hydrogen-bond donors (Lipinski definition) is 5. The van der Waals surface area contributed by atoms with Crippen molar-refractivity contribution in [2.75, 3.05) is 33.0 Å². The zero-order chi connectivity index (χ0) is 22.8. The molecule has 0 amide bonds. The highest BCUT2D eigenvalue weighted by Crippen LogP contribution is 2.59. The van der Waals surface area contributed by atoms with E-state index in [-0.39, 0.29) is 49.8 Å². The quantitative estimate of drug-likeness (QED) is 0.340. The van der Waals surface area contributed by atoms with E-state index in [1.54, 1.807) is 0 Å². The Hall–Kier alpha value is -0.200. The van der Waals surface area contributed by atoms with Gasteiger partial charge in [-0.3, -0.25) is 0 Å². The van der Waals surface area contributed by atoms with Crippen LogP contribution in [0, 0.1) is 16.7 Å². The molecule has 1 atom stereocenters. The predicted octanol–water partition coefficient (Wildman–Crippen LogP) is 4.57. The predicted molar refractivity (Wildman–Crippen MR) is 127 cm³/mol. The Balaban J connectivity index is 3.34. The molecule has 1 saturated carbocycles. The van der Waals surface area contributed by atoms with E-state index in [1.165, 1.54) is 51.4 Å². The van der Waals surface area contributed by atoms with Gasteiger partial charge in [-0.2, -0.15) is 0 Å². The van der Waals surface area contributed by atoms with Crippen molar-refractivity contribution in [2.24, 2.45) is 16.7 Å². The van der Waals surface area contributed by atoms with Gasteiger partial charge in [0.15, 0.2) is 0 Å². The van der Waals surface area contributed by atoms with E-state index in [1.807, 2.05) is 0 Å². The van der Waals surface area contributed by atoms with Crippen molar-refractivity contribution in [3.63, 3.8) is 0 Å². The lowest BCUT2D eigenvalue weighted by Gasteiger charge is -2.56. The zero-order valence-corrected chi connectivity index (χ0v) is 20.1. The number of aliphatic hydroxyl groups is 5. The molecule has 0 aromatic heterocycles. The van der Waals surface area contributed by atoms with Crippen LogP contribution in [0.4, 0.5) is 0 Å². The summed E-state index contributed by atoms with van der Waals surface area (Å²) in [4.78, 5) is 0. The van der Waals surface area contributed by atoms with Crippen LogP contribution in [0.15, 0.2) is 0 Å². The topological polar surface area (TPSA) is 101 Å². The van der Waals surface area contributed by atoms with Crippen LogP contribution in [-0.4, -0.2) is 58.6 Å². The van der Waals surface area contributed by atoms with E-state index in [4.69, 9.17) is 0 Å². The van der Waals surface area contributed by atoms with Crippen LogP contribution < -0.4 is 0 Å². The van der Waals surface area contributed by atoms with Crippen molar-refractivity contribution in [1.29, 1.82) is 0 Å². The van der Waals surface area contributed by atoms with Gasteiger partial charge in [-0.25, -0.2) is 0 Å². The first-order valence-electron chi connectivity index (χ1n) is 13.2. The molecule has 5 heteroatoms. The van der Waals surface area contributed by atoms with Crippen molar-refractivity contribution < 1.29 is 25.5 Å². The van der Waals surface area contributed by atoms with Crippen molar-refractivity contribution in [3.8, 4) is 0 Å². The van der Waals surface area contributed by atoms with Gasteiger partial charge in [-0.1, -0.05) is 70.6 Å². The molecule has 0 heterocycles. The molecule has 186 valence electrons. The molecule has 1 unspecified atom stereocenters. The monoisotopic (exact) mass is 444 g/mol. The summed E-state index contributed by atoms with van der Waals surface area (Å²) in [5.41, 5.74) is -0.722. The van der Waals surface area contributed by atoms with Gasteiger partial charge in [-0.15, -0.1) is 0 Å². The zero-order valence-electron chi connectivity index (χ0n) is 20.1. The average Bonchev–Trinajstić information content (AvgIpc) is 2.75. The molecule has 1 fully saturated rings. The summed E-state index contributed by atoms with van der Waals surface area (Å²) in [5, 5.41) is 50.4. The summed E-state index contributed by atoms with van der Waals surface area (Å²) in [5.74, 6) is 0.169. The molecule has 5 nitrogen and oxygen atoms in total. The highest BCUT2D eigenvalue weighted by molar-refractivity contribution is 5.01. The Morgan fingerprint density at radius 1 is 0.484 bits per heavy atom. The Labute approximate surface area is 191 Å². The Kier molecular flexibility index (Phi) is 16.1. The molecule has 1 aliphatic carbocycles. The highest BCUT2D eigenvalue weighted by Gasteiger charge is 2.52. The molecule has 0 aromatic carbocycles. The third-order valence-corrected chi connectivity index (χ3v) is 8.32. The van der Waals surface area contributed by atoms with E-state index in [0.29, 0.717) is 32.1 Å². The van der Waals surface area contributed by atoms with Crippen molar-refractivity contribution in [3.05, 3.63) is 0 Å². The van der Waals surface area contributed by atoms with E-state index in [2.05, 4.69) is 0 Å². The highest BCUT2D eigenvalue weighted by atomic mass is 16.3. The van der Waals surface area contributed by atoms with E-state index in [9.17, 15) is 25.5 Å². The van der Waals surface area contributed by atoms with Crippen LogP contribution in [-0.2, 0) is 0 Å². The third kappa shape index (κ3) is 8.92. The number of aliphatic hydroxyl groups excluding tert-OH is 5. The molecule has 1 aliphatic rings. The molecular weight excluding hydrogens is 392 g/mol. The van der Waals surface area contributed by atoms with Crippen molar-refractivity contribution in [2.45, 2.75) is 116 Å². The Morgan fingerprint density at radius 3 is 1.32 bits per heavy atom. The largest absolute Gasteiger partial charge is 0.396 e. The smallest absolute Gasteiger partial charge is 0.0436 e. The molecule has 31 heavy (non-hydrogen) atoms. The standard InChI is InChI=1S/C26H52O5/c27-19-13-24-12-10-8-6-4-2-1-3-5-7-9-11-14-25(15-20-28,16-21-29)26(24,17-22-30)18-23-31/h24,27-31H,1-23H2. The number of hydrogen-bond acceptors (Lipinski definition) is 5. The van der Waals surface area contributed by atoms with Crippen molar-refractivity contribution in [1.82, 2.24) is 0 Å². The van der Waals surface area contributed by atoms with Gasteiger partial charge in [0.25, 0.3) is 0 Å². The second-order valence-electron chi connectivity index (χ2n) is 9.97. The molecule has 0 radical (unpaired) electrons. The van der Waals surface area contributed by atoms with Gasteiger partial charge in [0.2, 0.25) is 0 Å². The maximum Gasteiger partial charge on any atom is 0.0436 e. The van der Waals surface area contributed by atoms with E-state index in [0.717, 1.165) is 32.1 Å². The molecular formula is C26H52O5. The van der Waals surface area contributed by atoms with Gasteiger partial charge in [0.1, 0.15) is 0 Å². The second-order valence-corrected chi connectivity index (χ2v) is 9.97. The fraction of sp³-hybridized carbons (Fsp3) is 1.00. The minimum absolute atomic E-state index is 0.0283. The minimum Gasteiger partial charge on any atom is -0.396 e. The lowest BCUT2D eigenvalue weighted by Crippen LogP contribution is -2.50. The summed E-state index contributed by atoms with van der Waals surface area (Å²) in [6.07, 6.45) is 18.3. The van der Waals surface area contributed by atoms with Gasteiger partial charge in [0, 0.05) is 33.0 Å². The van der Waals surface area contributed by atoms with E-state index >= 15 is 0 Å². The van der Waals surface area contributed by atoms with Crippen LogP contribution in [0.25, 0.3) is 0 Å². The number of rotatable bonds is 10. The van der Waals surface area contributed by atoms with E-state index < -0.39 is 0 Å². The molecule has 0 aromatic rings. The lowest BCUT2D eigenvalue weighted by molar-refractivity contribution is -0.100. The van der Waals surface area contributed by atoms with Gasteiger partial charge >= 0.3 is 0 Å². The maximum atomic E-state index is 10.1. The summed E-state index contributed by atoms with van der Waals surface area (Å²) in [6.45, 7) is 0.244. The van der Waals surface area contributed by atoms with Crippen LogP contribution >= 0.6 is 0 Å². The molecule has 1 rings (SSSR count). The van der Waals surface area contributed by atoms with Crippen LogP contribution in [0.2, 0.25) is 0 Å². The lowest BCUT2D eigenvalue weighted by atomic mass is 9.49. The average molecular weight is 445 g/mol. The van der Waals surface area contributed by atoms with Gasteiger partial charge < -0.3 is 25.5 Å². The molecule has 0 bridgehead atoms. The SMILES string of the molecule is OCCC1CCCCCCCCCCCCCC(CCO)(CCO)C1(CCO)CCO. The fourth-order valence-corrected chi connectivity index (χ4v) is 6.74. The second kappa shape index (κ2) is 17.3. The fourth-order valence-electron chi connectivity index (χ4n) is 6.74. The summed E-state index contributed by atoms with van der Waals surface area (Å²) >= 11 is 0. The van der Waals surface area contributed by atoms with Crippen LogP contribution in [0.5, 0.6) is 0 Å².